The van der Waals surface area contributed by atoms with Crippen LogP contribution in [0.4, 0.5) is 0 Å². The summed E-state index contributed by atoms with van der Waals surface area (Å²) in [5.74, 6) is 0.360. The Bertz CT molecular complexity index is 333. The number of hydrogen-bond acceptors (Lipinski definition) is 2. The maximum absolute atomic E-state index is 9.21. The molecule has 1 heterocycles. The number of aryl methyl sites for hydroxylation is 1. The van der Waals surface area contributed by atoms with E-state index in [9.17, 15) is 5.11 Å². The van der Waals surface area contributed by atoms with Gasteiger partial charge in [-0.3, -0.25) is 0 Å². The zero-order valence-electron chi connectivity index (χ0n) is 10.7. The summed E-state index contributed by atoms with van der Waals surface area (Å²) < 4.78 is 0. The van der Waals surface area contributed by atoms with Crippen molar-refractivity contribution in [1.82, 2.24) is 4.90 Å². The van der Waals surface area contributed by atoms with Gasteiger partial charge in [-0.15, -0.1) is 0 Å². The van der Waals surface area contributed by atoms with Gasteiger partial charge in [0.15, 0.2) is 0 Å². The fourth-order valence-corrected chi connectivity index (χ4v) is 2.64. The van der Waals surface area contributed by atoms with E-state index in [-0.39, 0.29) is 0 Å². The fraction of sp³-hybridized carbons (Fsp3) is 0.600. The van der Waals surface area contributed by atoms with Gasteiger partial charge < -0.3 is 10.0 Å². The van der Waals surface area contributed by atoms with Crippen molar-refractivity contribution in [1.29, 1.82) is 0 Å². The van der Waals surface area contributed by atoms with Gasteiger partial charge in [-0.25, -0.2) is 0 Å². The molecule has 17 heavy (non-hydrogen) atoms. The van der Waals surface area contributed by atoms with Crippen molar-refractivity contribution >= 4 is 0 Å². The van der Waals surface area contributed by atoms with E-state index in [4.69, 9.17) is 0 Å². The van der Waals surface area contributed by atoms with Gasteiger partial charge in [-0.2, -0.15) is 0 Å². The van der Waals surface area contributed by atoms with Crippen LogP contribution in [0.5, 0.6) is 5.75 Å². The van der Waals surface area contributed by atoms with Crippen molar-refractivity contribution in [2.45, 2.75) is 45.1 Å². The first kappa shape index (κ1) is 12.4. The van der Waals surface area contributed by atoms with Crippen molar-refractivity contribution in [2.24, 2.45) is 0 Å². The van der Waals surface area contributed by atoms with Gasteiger partial charge in [0.1, 0.15) is 5.75 Å². The monoisotopic (exact) mass is 233 g/mol. The number of rotatable bonds is 4. The van der Waals surface area contributed by atoms with Crippen molar-refractivity contribution in [2.75, 3.05) is 13.1 Å². The molecule has 0 spiro atoms. The second kappa shape index (κ2) is 6.06. The molecule has 1 fully saturated rings. The largest absolute Gasteiger partial charge is 0.508 e. The molecule has 2 heteroatoms. The molecule has 1 N–H and O–H groups in total. The molecule has 0 amide bonds. The highest BCUT2D eigenvalue weighted by Gasteiger charge is 2.16. The van der Waals surface area contributed by atoms with Crippen LogP contribution in [0.2, 0.25) is 0 Å². The Balaban J connectivity index is 1.73. The highest BCUT2D eigenvalue weighted by molar-refractivity contribution is 5.25. The summed E-state index contributed by atoms with van der Waals surface area (Å²) >= 11 is 0. The molecule has 0 aliphatic carbocycles. The third kappa shape index (κ3) is 3.74. The first-order valence-corrected chi connectivity index (χ1v) is 6.77. The smallest absolute Gasteiger partial charge is 0.115 e. The number of phenolic OH excluding ortho intramolecular Hbond substituents is 1. The molecule has 1 atom stereocenters. The SMILES string of the molecule is CC1CCCCN1CCCc1ccc(O)cc1. The molecule has 94 valence electrons. The lowest BCUT2D eigenvalue weighted by molar-refractivity contribution is 0.159. The van der Waals surface area contributed by atoms with Gasteiger partial charge in [-0.05, 0) is 63.4 Å². The molecule has 1 aromatic rings. The fourth-order valence-electron chi connectivity index (χ4n) is 2.64. The van der Waals surface area contributed by atoms with Crippen LogP contribution in [-0.2, 0) is 6.42 Å². The maximum atomic E-state index is 9.21. The summed E-state index contributed by atoms with van der Waals surface area (Å²) in [5, 5.41) is 9.21. The molecule has 0 saturated carbocycles. The van der Waals surface area contributed by atoms with Gasteiger partial charge >= 0.3 is 0 Å². The second-order valence-corrected chi connectivity index (χ2v) is 5.15. The van der Waals surface area contributed by atoms with Crippen LogP contribution in [0.3, 0.4) is 0 Å². The topological polar surface area (TPSA) is 23.5 Å². The highest BCUT2D eigenvalue weighted by atomic mass is 16.3. The Kier molecular flexibility index (Phi) is 4.43. The van der Waals surface area contributed by atoms with Gasteiger partial charge in [-0.1, -0.05) is 18.6 Å². The molecule has 1 aliphatic heterocycles. The molecule has 2 nitrogen and oxygen atoms in total. The summed E-state index contributed by atoms with van der Waals surface area (Å²) in [7, 11) is 0. The normalized spacial score (nSPS) is 21.6. The van der Waals surface area contributed by atoms with Gasteiger partial charge in [0.2, 0.25) is 0 Å². The summed E-state index contributed by atoms with van der Waals surface area (Å²) in [4.78, 5) is 2.61. The van der Waals surface area contributed by atoms with E-state index in [1.807, 2.05) is 12.1 Å². The highest BCUT2D eigenvalue weighted by Crippen LogP contribution is 2.17. The molecule has 1 saturated heterocycles. The zero-order valence-corrected chi connectivity index (χ0v) is 10.7. The first-order chi connectivity index (χ1) is 8.25. The number of piperidine rings is 1. The van der Waals surface area contributed by atoms with Crippen LogP contribution in [0, 0.1) is 0 Å². The Morgan fingerprint density at radius 2 is 2.00 bits per heavy atom. The number of likely N-dealkylation sites (tertiary alicyclic amines) is 1. The van der Waals surface area contributed by atoms with Gasteiger partial charge in [0, 0.05) is 6.04 Å². The van der Waals surface area contributed by atoms with Crippen LogP contribution in [0.1, 0.15) is 38.2 Å². The predicted octanol–water partition coefficient (Wildman–Crippen LogP) is 3.20. The quantitative estimate of drug-likeness (QED) is 0.863. The summed E-state index contributed by atoms with van der Waals surface area (Å²) in [6, 6.07) is 8.37. The maximum Gasteiger partial charge on any atom is 0.115 e. The Labute approximate surface area is 104 Å². The van der Waals surface area contributed by atoms with Gasteiger partial charge in [0.25, 0.3) is 0 Å². The molecule has 0 aromatic heterocycles. The van der Waals surface area contributed by atoms with E-state index >= 15 is 0 Å². The number of phenols is 1. The van der Waals surface area contributed by atoms with Crippen molar-refractivity contribution in [3.05, 3.63) is 29.8 Å². The zero-order chi connectivity index (χ0) is 12.1. The van der Waals surface area contributed by atoms with Crippen molar-refractivity contribution < 1.29 is 5.11 Å². The van der Waals surface area contributed by atoms with E-state index in [1.165, 1.54) is 44.3 Å². The minimum Gasteiger partial charge on any atom is -0.508 e. The van der Waals surface area contributed by atoms with Crippen LogP contribution in [-0.4, -0.2) is 29.1 Å². The average molecular weight is 233 g/mol. The molecule has 0 radical (unpaired) electrons. The van der Waals surface area contributed by atoms with Crippen molar-refractivity contribution in [3.8, 4) is 5.75 Å². The third-order valence-electron chi connectivity index (χ3n) is 3.79. The lowest BCUT2D eigenvalue weighted by Gasteiger charge is -2.33. The Morgan fingerprint density at radius 3 is 2.71 bits per heavy atom. The predicted molar refractivity (Wildman–Crippen MR) is 71.3 cm³/mol. The lowest BCUT2D eigenvalue weighted by Crippen LogP contribution is -2.38. The number of aromatic hydroxyl groups is 1. The second-order valence-electron chi connectivity index (χ2n) is 5.15. The average Bonchev–Trinajstić information content (AvgIpc) is 2.34. The van der Waals surface area contributed by atoms with Gasteiger partial charge in [0.05, 0.1) is 0 Å². The Hall–Kier alpha value is -1.02. The minimum absolute atomic E-state index is 0.360. The molecule has 0 bridgehead atoms. The summed E-state index contributed by atoms with van der Waals surface area (Å²) in [5.41, 5.74) is 1.33. The third-order valence-corrected chi connectivity index (χ3v) is 3.79. The summed E-state index contributed by atoms with van der Waals surface area (Å²) in [6.45, 7) is 4.83. The number of hydrogen-bond donors (Lipinski definition) is 1. The number of benzene rings is 1. The van der Waals surface area contributed by atoms with Crippen molar-refractivity contribution in [3.63, 3.8) is 0 Å². The van der Waals surface area contributed by atoms with E-state index < -0.39 is 0 Å². The molecule has 2 rings (SSSR count). The van der Waals surface area contributed by atoms with E-state index in [2.05, 4.69) is 11.8 Å². The molecule has 1 aromatic carbocycles. The summed E-state index contributed by atoms with van der Waals surface area (Å²) in [6.07, 6.45) is 6.46. The van der Waals surface area contributed by atoms with Crippen LogP contribution in [0.25, 0.3) is 0 Å². The molecular formula is C15H23NO. The Morgan fingerprint density at radius 1 is 1.24 bits per heavy atom. The minimum atomic E-state index is 0.360. The van der Waals surface area contributed by atoms with E-state index in [0.29, 0.717) is 5.75 Å². The van der Waals surface area contributed by atoms with E-state index in [0.717, 1.165) is 12.5 Å². The molecular weight excluding hydrogens is 210 g/mol. The van der Waals surface area contributed by atoms with Crippen LogP contribution >= 0.6 is 0 Å². The first-order valence-electron chi connectivity index (χ1n) is 6.77. The molecule has 1 unspecified atom stereocenters. The molecule has 1 aliphatic rings. The standard InChI is InChI=1S/C15H23NO/c1-13-5-2-3-11-16(13)12-4-6-14-7-9-15(17)10-8-14/h7-10,13,17H,2-6,11-12H2,1H3. The number of nitrogens with zero attached hydrogens (tertiary/aromatic N) is 1. The lowest BCUT2D eigenvalue weighted by atomic mass is 10.0. The van der Waals surface area contributed by atoms with E-state index in [1.54, 1.807) is 12.1 Å². The van der Waals surface area contributed by atoms with Crippen LogP contribution < -0.4 is 0 Å². The van der Waals surface area contributed by atoms with Crippen LogP contribution in [0.15, 0.2) is 24.3 Å².